The van der Waals surface area contributed by atoms with Crippen molar-refractivity contribution in [3.63, 3.8) is 0 Å². The molecule has 88 valence electrons. The number of anilines is 1. The summed E-state index contributed by atoms with van der Waals surface area (Å²) in [5.74, 6) is 0. The number of alkyl halides is 3. The Bertz CT molecular complexity index is 378. The van der Waals surface area contributed by atoms with Crippen LogP contribution in [0.15, 0.2) is 18.2 Å². The number of nitriles is 1. The molecule has 0 aliphatic heterocycles. The average molecular weight is 230 g/mol. The van der Waals surface area contributed by atoms with E-state index in [0.717, 1.165) is 12.1 Å². The molecule has 1 aromatic rings. The zero-order valence-corrected chi connectivity index (χ0v) is 9.31. The molecule has 0 amide bonds. The molecule has 0 spiro atoms. The van der Waals surface area contributed by atoms with Gasteiger partial charge in [0, 0.05) is 12.7 Å². The molecular weight excluding hydrogens is 217 g/mol. The molecule has 1 N–H and O–H groups in total. The first-order valence-electron chi connectivity index (χ1n) is 4.78. The molecule has 0 aliphatic rings. The summed E-state index contributed by atoms with van der Waals surface area (Å²) >= 11 is 0. The lowest BCUT2D eigenvalue weighted by atomic mass is 10.1. The maximum absolute atomic E-state index is 12.4. The Morgan fingerprint density at radius 3 is 2.19 bits per heavy atom. The van der Waals surface area contributed by atoms with Gasteiger partial charge in [0.2, 0.25) is 0 Å². The second-order valence-electron chi connectivity index (χ2n) is 2.62. The van der Waals surface area contributed by atoms with Crippen LogP contribution in [0.25, 0.3) is 0 Å². The first kappa shape index (κ1) is 14.3. The molecule has 0 fully saturated rings. The highest BCUT2D eigenvalue weighted by Gasteiger charge is 2.33. The van der Waals surface area contributed by atoms with Crippen LogP contribution < -0.4 is 5.32 Å². The Morgan fingerprint density at radius 1 is 1.25 bits per heavy atom. The van der Waals surface area contributed by atoms with Crippen molar-refractivity contribution in [2.45, 2.75) is 20.0 Å². The second kappa shape index (κ2) is 6.01. The van der Waals surface area contributed by atoms with Crippen molar-refractivity contribution >= 4 is 5.69 Å². The molecule has 0 aromatic heterocycles. The van der Waals surface area contributed by atoms with Crippen LogP contribution in [-0.2, 0) is 6.18 Å². The van der Waals surface area contributed by atoms with Gasteiger partial charge < -0.3 is 5.32 Å². The van der Waals surface area contributed by atoms with E-state index in [2.05, 4.69) is 5.32 Å². The van der Waals surface area contributed by atoms with Crippen molar-refractivity contribution in [2.24, 2.45) is 0 Å². The lowest BCUT2D eigenvalue weighted by molar-refractivity contribution is -0.137. The number of benzene rings is 1. The van der Waals surface area contributed by atoms with Crippen molar-refractivity contribution in [1.82, 2.24) is 0 Å². The quantitative estimate of drug-likeness (QED) is 0.799. The molecule has 0 aliphatic carbocycles. The third-order valence-corrected chi connectivity index (χ3v) is 1.73. The summed E-state index contributed by atoms with van der Waals surface area (Å²) in [6.45, 7) is 4.00. The van der Waals surface area contributed by atoms with E-state index < -0.39 is 11.7 Å². The summed E-state index contributed by atoms with van der Waals surface area (Å²) in [5, 5.41) is 11.1. The predicted octanol–water partition coefficient (Wildman–Crippen LogP) is 3.64. The number of halogens is 3. The summed E-state index contributed by atoms with van der Waals surface area (Å²) in [7, 11) is 1.52. The molecule has 0 saturated carbocycles. The van der Waals surface area contributed by atoms with Crippen LogP contribution in [-0.4, -0.2) is 7.05 Å². The normalized spacial score (nSPS) is 9.81. The molecule has 0 saturated heterocycles. The number of nitrogens with zero attached hydrogens (tertiary/aromatic N) is 1. The number of hydrogen-bond acceptors (Lipinski definition) is 2. The molecule has 1 aromatic carbocycles. The minimum absolute atomic E-state index is 0.330. The number of nitrogens with one attached hydrogen (secondary N) is 1. The first-order valence-corrected chi connectivity index (χ1v) is 4.78. The zero-order valence-electron chi connectivity index (χ0n) is 9.31. The van der Waals surface area contributed by atoms with Gasteiger partial charge in [-0.1, -0.05) is 13.8 Å². The van der Waals surface area contributed by atoms with Crippen molar-refractivity contribution in [1.29, 1.82) is 5.26 Å². The molecule has 0 atom stereocenters. The lowest BCUT2D eigenvalue weighted by Crippen LogP contribution is -2.08. The number of hydrogen-bond donors (Lipinski definition) is 1. The second-order valence-corrected chi connectivity index (χ2v) is 2.62. The van der Waals surface area contributed by atoms with Gasteiger partial charge in [-0.3, -0.25) is 0 Å². The fourth-order valence-corrected chi connectivity index (χ4v) is 1.03. The Hall–Kier alpha value is -1.70. The van der Waals surface area contributed by atoms with E-state index in [-0.39, 0.29) is 5.56 Å². The largest absolute Gasteiger partial charge is 0.417 e. The summed E-state index contributed by atoms with van der Waals surface area (Å²) in [4.78, 5) is 0. The van der Waals surface area contributed by atoms with Crippen molar-refractivity contribution in [3.05, 3.63) is 29.3 Å². The van der Waals surface area contributed by atoms with Crippen LogP contribution in [0.4, 0.5) is 18.9 Å². The van der Waals surface area contributed by atoms with Gasteiger partial charge in [-0.05, 0) is 18.2 Å². The highest BCUT2D eigenvalue weighted by atomic mass is 19.4. The minimum atomic E-state index is -4.49. The Balaban J connectivity index is 0.00000106. The molecule has 0 bridgehead atoms. The van der Waals surface area contributed by atoms with Crippen molar-refractivity contribution in [3.8, 4) is 6.07 Å². The van der Waals surface area contributed by atoms with Crippen LogP contribution in [0.1, 0.15) is 25.0 Å². The topological polar surface area (TPSA) is 35.8 Å². The SMILES string of the molecule is CC.CNc1ccc(C#N)c(C(F)(F)F)c1. The van der Waals surface area contributed by atoms with E-state index in [1.54, 1.807) is 0 Å². The monoisotopic (exact) mass is 230 g/mol. The van der Waals surface area contributed by atoms with Crippen LogP contribution in [0.5, 0.6) is 0 Å². The van der Waals surface area contributed by atoms with Crippen LogP contribution >= 0.6 is 0 Å². The predicted molar refractivity (Wildman–Crippen MR) is 57.1 cm³/mol. The summed E-state index contributed by atoms with van der Waals surface area (Å²) < 4.78 is 37.1. The molecular formula is C11H13F3N2. The van der Waals surface area contributed by atoms with E-state index in [1.165, 1.54) is 19.2 Å². The van der Waals surface area contributed by atoms with Gasteiger partial charge in [-0.25, -0.2) is 0 Å². The van der Waals surface area contributed by atoms with Crippen molar-refractivity contribution in [2.75, 3.05) is 12.4 Å². The molecule has 5 heteroatoms. The molecule has 0 heterocycles. The first-order chi connectivity index (χ1) is 7.49. The van der Waals surface area contributed by atoms with E-state index in [9.17, 15) is 13.2 Å². The smallest absolute Gasteiger partial charge is 0.388 e. The van der Waals surface area contributed by atoms with Gasteiger partial charge in [0.05, 0.1) is 17.2 Å². The van der Waals surface area contributed by atoms with E-state index >= 15 is 0 Å². The Labute approximate surface area is 92.7 Å². The van der Waals surface area contributed by atoms with Gasteiger partial charge in [-0.15, -0.1) is 0 Å². The Kier molecular flexibility index (Phi) is 5.37. The third-order valence-electron chi connectivity index (χ3n) is 1.73. The molecule has 16 heavy (non-hydrogen) atoms. The zero-order chi connectivity index (χ0) is 12.8. The van der Waals surface area contributed by atoms with Crippen LogP contribution in [0.2, 0.25) is 0 Å². The van der Waals surface area contributed by atoms with Gasteiger partial charge in [0.25, 0.3) is 0 Å². The van der Waals surface area contributed by atoms with E-state index in [1.807, 2.05) is 13.8 Å². The highest BCUT2D eigenvalue weighted by Crippen LogP contribution is 2.33. The van der Waals surface area contributed by atoms with Crippen LogP contribution in [0.3, 0.4) is 0 Å². The van der Waals surface area contributed by atoms with Gasteiger partial charge in [0.15, 0.2) is 0 Å². The number of rotatable bonds is 1. The summed E-state index contributed by atoms with van der Waals surface area (Å²) in [6, 6.07) is 4.99. The standard InChI is InChI=1S/C9H7F3N2.C2H6/c1-14-7-3-2-6(5-13)8(4-7)9(10,11)12;1-2/h2-4,14H,1H3;1-2H3. The van der Waals surface area contributed by atoms with Crippen molar-refractivity contribution < 1.29 is 13.2 Å². The summed E-state index contributed by atoms with van der Waals surface area (Å²) in [5.41, 5.74) is -0.945. The molecule has 1 rings (SSSR count). The maximum atomic E-state index is 12.4. The fraction of sp³-hybridized carbons (Fsp3) is 0.364. The highest BCUT2D eigenvalue weighted by molar-refractivity contribution is 5.52. The molecule has 0 radical (unpaired) electrons. The summed E-state index contributed by atoms with van der Waals surface area (Å²) in [6.07, 6.45) is -4.49. The van der Waals surface area contributed by atoms with Gasteiger partial charge in [-0.2, -0.15) is 18.4 Å². The van der Waals surface area contributed by atoms with Crippen LogP contribution in [0, 0.1) is 11.3 Å². The third kappa shape index (κ3) is 3.46. The molecule has 2 nitrogen and oxygen atoms in total. The maximum Gasteiger partial charge on any atom is 0.417 e. The Morgan fingerprint density at radius 2 is 1.81 bits per heavy atom. The average Bonchev–Trinajstić information content (AvgIpc) is 2.29. The van der Waals surface area contributed by atoms with E-state index in [0.29, 0.717) is 5.69 Å². The van der Waals surface area contributed by atoms with Gasteiger partial charge >= 0.3 is 6.18 Å². The minimum Gasteiger partial charge on any atom is -0.388 e. The fourth-order valence-electron chi connectivity index (χ4n) is 1.03. The lowest BCUT2D eigenvalue weighted by Gasteiger charge is -2.10. The van der Waals surface area contributed by atoms with E-state index in [4.69, 9.17) is 5.26 Å². The molecule has 0 unspecified atom stereocenters. The van der Waals surface area contributed by atoms with Gasteiger partial charge in [0.1, 0.15) is 0 Å².